The molecule has 21 heavy (non-hydrogen) atoms. The third kappa shape index (κ3) is 3.12. The van der Waals surface area contributed by atoms with Crippen LogP contribution in [0, 0.1) is 16.0 Å². The van der Waals surface area contributed by atoms with Crippen LogP contribution in [-0.4, -0.2) is 15.9 Å². The molecular formula is C16H21N3O2. The highest BCUT2D eigenvalue weighted by Crippen LogP contribution is 2.31. The summed E-state index contributed by atoms with van der Waals surface area (Å²) < 4.78 is 0. The van der Waals surface area contributed by atoms with Gasteiger partial charge in [0, 0.05) is 35.6 Å². The lowest BCUT2D eigenvalue weighted by Crippen LogP contribution is -2.25. The number of anilines is 1. The van der Waals surface area contributed by atoms with E-state index in [1.165, 1.54) is 0 Å². The Balaban J connectivity index is 2.42. The van der Waals surface area contributed by atoms with Crippen LogP contribution in [0.25, 0.3) is 10.8 Å². The van der Waals surface area contributed by atoms with Crippen LogP contribution in [0.4, 0.5) is 11.4 Å². The van der Waals surface area contributed by atoms with Crippen molar-refractivity contribution < 1.29 is 4.92 Å². The van der Waals surface area contributed by atoms with Crippen molar-refractivity contribution in [2.75, 3.05) is 5.32 Å². The van der Waals surface area contributed by atoms with Gasteiger partial charge in [0.2, 0.25) is 0 Å². The maximum Gasteiger partial charge on any atom is 0.278 e. The monoisotopic (exact) mass is 287 g/mol. The molecular weight excluding hydrogens is 266 g/mol. The van der Waals surface area contributed by atoms with Crippen molar-refractivity contribution in [3.05, 3.63) is 40.7 Å². The molecule has 1 aromatic heterocycles. The number of pyridine rings is 1. The first-order chi connectivity index (χ1) is 10.1. The number of aromatic nitrogens is 1. The van der Waals surface area contributed by atoms with Gasteiger partial charge in [-0.25, -0.2) is 0 Å². The molecule has 112 valence electrons. The van der Waals surface area contributed by atoms with Crippen LogP contribution in [0.1, 0.15) is 33.6 Å². The average molecular weight is 287 g/mol. The van der Waals surface area contributed by atoms with E-state index in [1.54, 1.807) is 24.5 Å². The van der Waals surface area contributed by atoms with Crippen LogP contribution in [0.15, 0.2) is 30.6 Å². The van der Waals surface area contributed by atoms with E-state index in [9.17, 15) is 10.1 Å². The van der Waals surface area contributed by atoms with Crippen LogP contribution >= 0.6 is 0 Å². The van der Waals surface area contributed by atoms with Crippen LogP contribution in [0.2, 0.25) is 0 Å². The van der Waals surface area contributed by atoms with E-state index >= 15 is 0 Å². The number of nitro groups is 1. The molecule has 0 aliphatic carbocycles. The van der Waals surface area contributed by atoms with Gasteiger partial charge in [-0.2, -0.15) is 0 Å². The van der Waals surface area contributed by atoms with E-state index < -0.39 is 0 Å². The molecule has 0 saturated carbocycles. The van der Waals surface area contributed by atoms with Crippen LogP contribution in [-0.2, 0) is 0 Å². The molecule has 0 fully saturated rings. The Kier molecular flexibility index (Phi) is 4.73. The van der Waals surface area contributed by atoms with Gasteiger partial charge in [-0.1, -0.05) is 26.7 Å². The third-order valence-corrected chi connectivity index (χ3v) is 4.13. The average Bonchev–Trinajstić information content (AvgIpc) is 2.48. The van der Waals surface area contributed by atoms with Gasteiger partial charge in [0.1, 0.15) is 0 Å². The zero-order chi connectivity index (χ0) is 15.4. The molecule has 1 heterocycles. The van der Waals surface area contributed by atoms with Gasteiger partial charge in [-0.3, -0.25) is 15.1 Å². The zero-order valence-electron chi connectivity index (χ0n) is 12.7. The fourth-order valence-electron chi connectivity index (χ4n) is 2.82. The van der Waals surface area contributed by atoms with E-state index in [-0.39, 0.29) is 10.6 Å². The molecule has 0 saturated heterocycles. The molecule has 1 aromatic carbocycles. The van der Waals surface area contributed by atoms with Gasteiger partial charge in [0.15, 0.2) is 0 Å². The highest BCUT2D eigenvalue weighted by Gasteiger charge is 2.17. The highest BCUT2D eigenvalue weighted by molar-refractivity contribution is 5.99. The summed E-state index contributed by atoms with van der Waals surface area (Å²) >= 11 is 0. The van der Waals surface area contributed by atoms with Gasteiger partial charge in [0.05, 0.1) is 10.3 Å². The first-order valence-electron chi connectivity index (χ1n) is 7.36. The number of nitrogens with zero attached hydrogens (tertiary/aromatic N) is 2. The predicted molar refractivity (Wildman–Crippen MR) is 85.6 cm³/mol. The molecule has 1 unspecified atom stereocenters. The van der Waals surface area contributed by atoms with E-state index in [1.807, 2.05) is 6.07 Å². The summed E-state index contributed by atoms with van der Waals surface area (Å²) in [5.74, 6) is 0.581. The largest absolute Gasteiger partial charge is 0.382 e. The zero-order valence-corrected chi connectivity index (χ0v) is 12.7. The smallest absolute Gasteiger partial charge is 0.278 e. The molecule has 2 aromatic rings. The minimum absolute atomic E-state index is 0.0961. The number of benzene rings is 1. The van der Waals surface area contributed by atoms with E-state index in [2.05, 4.69) is 31.1 Å². The Hall–Kier alpha value is -2.17. The summed E-state index contributed by atoms with van der Waals surface area (Å²) in [6.45, 7) is 6.53. The summed E-state index contributed by atoms with van der Waals surface area (Å²) in [6, 6.07) is 5.48. The summed E-state index contributed by atoms with van der Waals surface area (Å²) in [7, 11) is 0. The van der Waals surface area contributed by atoms with Crippen molar-refractivity contribution in [2.24, 2.45) is 5.92 Å². The molecule has 0 aliphatic heterocycles. The van der Waals surface area contributed by atoms with Gasteiger partial charge in [0.25, 0.3) is 5.69 Å². The topological polar surface area (TPSA) is 68.1 Å². The normalized spacial score (nSPS) is 12.6. The van der Waals surface area contributed by atoms with E-state index in [0.717, 1.165) is 23.9 Å². The number of nitro benzene ring substituents is 1. The number of rotatable bonds is 6. The molecule has 1 atom stereocenters. The molecule has 5 nitrogen and oxygen atoms in total. The maximum absolute atomic E-state index is 11.1. The Bertz CT molecular complexity index is 638. The fourth-order valence-corrected chi connectivity index (χ4v) is 2.82. The van der Waals surface area contributed by atoms with Crippen LogP contribution in [0.3, 0.4) is 0 Å². The molecule has 0 aliphatic rings. The first-order valence-corrected chi connectivity index (χ1v) is 7.36. The van der Waals surface area contributed by atoms with Crippen molar-refractivity contribution in [3.8, 4) is 0 Å². The minimum Gasteiger partial charge on any atom is -0.382 e. The van der Waals surface area contributed by atoms with E-state index in [4.69, 9.17) is 0 Å². The van der Waals surface area contributed by atoms with Gasteiger partial charge < -0.3 is 5.32 Å². The number of non-ortho nitro benzene ring substituents is 1. The van der Waals surface area contributed by atoms with Gasteiger partial charge >= 0.3 is 0 Å². The van der Waals surface area contributed by atoms with Crippen molar-refractivity contribution in [3.63, 3.8) is 0 Å². The maximum atomic E-state index is 11.1. The third-order valence-electron chi connectivity index (χ3n) is 4.13. The minimum atomic E-state index is -0.363. The van der Waals surface area contributed by atoms with Crippen molar-refractivity contribution >= 4 is 22.1 Å². The Morgan fingerprint density at radius 1 is 1.24 bits per heavy atom. The first kappa shape index (κ1) is 15.2. The summed E-state index contributed by atoms with van der Waals surface area (Å²) in [4.78, 5) is 14.8. The Morgan fingerprint density at radius 2 is 1.95 bits per heavy atom. The van der Waals surface area contributed by atoms with Crippen molar-refractivity contribution in [2.45, 2.75) is 39.7 Å². The second kappa shape index (κ2) is 6.52. The lowest BCUT2D eigenvalue weighted by atomic mass is 9.95. The van der Waals surface area contributed by atoms with Crippen LogP contribution in [0.5, 0.6) is 0 Å². The second-order valence-electron chi connectivity index (χ2n) is 5.32. The molecule has 5 heteroatoms. The molecule has 0 amide bonds. The SMILES string of the molecule is CCC(CC)C(C)Nc1ccc([N+](=O)[O-])c2cnccc12. The summed E-state index contributed by atoms with van der Waals surface area (Å²) in [6.07, 6.45) is 5.44. The van der Waals surface area contributed by atoms with Crippen molar-refractivity contribution in [1.82, 2.24) is 4.98 Å². The molecule has 0 bridgehead atoms. The Morgan fingerprint density at radius 3 is 2.57 bits per heavy atom. The lowest BCUT2D eigenvalue weighted by molar-refractivity contribution is -0.383. The van der Waals surface area contributed by atoms with Crippen LogP contribution < -0.4 is 5.32 Å². The standard InChI is InChI=1S/C16H21N3O2/c1-4-12(5-2)11(3)18-15-6-7-16(19(20)21)14-10-17-9-8-13(14)15/h6-12,18H,4-5H2,1-3H3. The number of nitrogens with one attached hydrogen (secondary N) is 1. The number of fused-ring (bicyclic) bond motifs is 1. The molecule has 0 spiro atoms. The molecule has 2 rings (SSSR count). The fraction of sp³-hybridized carbons (Fsp3) is 0.438. The highest BCUT2D eigenvalue weighted by atomic mass is 16.6. The molecule has 1 N–H and O–H groups in total. The van der Waals surface area contributed by atoms with Gasteiger partial charge in [-0.05, 0) is 25.0 Å². The van der Waals surface area contributed by atoms with E-state index in [0.29, 0.717) is 17.3 Å². The summed E-state index contributed by atoms with van der Waals surface area (Å²) in [5, 5.41) is 16.0. The number of hydrogen-bond acceptors (Lipinski definition) is 4. The van der Waals surface area contributed by atoms with Crippen molar-refractivity contribution in [1.29, 1.82) is 0 Å². The van der Waals surface area contributed by atoms with Gasteiger partial charge in [-0.15, -0.1) is 0 Å². The predicted octanol–water partition coefficient (Wildman–Crippen LogP) is 4.38. The molecule has 0 radical (unpaired) electrons. The summed E-state index contributed by atoms with van der Waals surface area (Å²) in [5.41, 5.74) is 1.02. The Labute approximate surface area is 124 Å². The second-order valence-corrected chi connectivity index (χ2v) is 5.32. The number of hydrogen-bond donors (Lipinski definition) is 1. The lowest BCUT2D eigenvalue weighted by Gasteiger charge is -2.24. The quantitative estimate of drug-likeness (QED) is 0.632.